The van der Waals surface area contributed by atoms with Crippen LogP contribution in [0.15, 0.2) is 60.7 Å². The van der Waals surface area contributed by atoms with Crippen molar-refractivity contribution < 1.29 is 9.59 Å². The van der Waals surface area contributed by atoms with E-state index in [9.17, 15) is 9.59 Å². The van der Waals surface area contributed by atoms with E-state index in [-0.39, 0.29) is 23.9 Å². The summed E-state index contributed by atoms with van der Waals surface area (Å²) in [6.07, 6.45) is 0. The number of anilines is 2. The SMILES string of the molecule is CCN(CC(=O)Nc1cc(C(C)(C)C)nn1-c1ccccc1)C(=O)Nc1ccc(C(C)C)cc1. The predicted molar refractivity (Wildman–Crippen MR) is 138 cm³/mol. The maximum Gasteiger partial charge on any atom is 0.322 e. The van der Waals surface area contributed by atoms with E-state index >= 15 is 0 Å². The number of hydrogen-bond acceptors (Lipinski definition) is 3. The van der Waals surface area contributed by atoms with Crippen molar-refractivity contribution in [2.24, 2.45) is 0 Å². The summed E-state index contributed by atoms with van der Waals surface area (Å²) in [7, 11) is 0. The number of urea groups is 1. The van der Waals surface area contributed by atoms with Crippen molar-refractivity contribution in [1.29, 1.82) is 0 Å². The molecule has 0 saturated carbocycles. The van der Waals surface area contributed by atoms with Crippen molar-refractivity contribution in [3.05, 3.63) is 71.9 Å². The lowest BCUT2D eigenvalue weighted by Gasteiger charge is -2.21. The molecular weight excluding hydrogens is 426 g/mol. The monoisotopic (exact) mass is 461 g/mol. The Balaban J connectivity index is 1.72. The molecule has 0 aliphatic heterocycles. The van der Waals surface area contributed by atoms with E-state index in [1.165, 1.54) is 10.5 Å². The van der Waals surface area contributed by atoms with Gasteiger partial charge in [0.25, 0.3) is 0 Å². The van der Waals surface area contributed by atoms with Gasteiger partial charge in [0, 0.05) is 23.7 Å². The van der Waals surface area contributed by atoms with Crippen LogP contribution in [0.25, 0.3) is 5.69 Å². The summed E-state index contributed by atoms with van der Waals surface area (Å²) >= 11 is 0. The van der Waals surface area contributed by atoms with E-state index in [4.69, 9.17) is 5.10 Å². The standard InChI is InChI=1S/C27H35N5O2/c1-7-31(26(34)28-21-15-13-20(14-16-21)19(2)3)18-25(33)29-24-17-23(27(4,5)6)30-32(24)22-11-9-8-10-12-22/h8-17,19H,7,18H2,1-6H3,(H,28,34)(H,29,33). The Morgan fingerprint density at radius 2 is 1.65 bits per heavy atom. The molecule has 0 fully saturated rings. The van der Waals surface area contributed by atoms with E-state index in [1.54, 1.807) is 4.68 Å². The van der Waals surface area contributed by atoms with Crippen LogP contribution in [-0.2, 0) is 10.2 Å². The molecule has 3 rings (SSSR count). The third-order valence-corrected chi connectivity index (χ3v) is 5.58. The number of nitrogens with zero attached hydrogens (tertiary/aromatic N) is 3. The number of carbonyl (C=O) groups is 2. The summed E-state index contributed by atoms with van der Waals surface area (Å²) in [6, 6.07) is 19.0. The quantitative estimate of drug-likeness (QED) is 0.468. The Labute approximate surface area is 202 Å². The molecule has 0 bridgehead atoms. The molecule has 7 heteroatoms. The van der Waals surface area contributed by atoms with Crippen LogP contribution in [0, 0.1) is 0 Å². The Morgan fingerprint density at radius 3 is 2.21 bits per heavy atom. The lowest BCUT2D eigenvalue weighted by atomic mass is 9.92. The molecule has 1 heterocycles. The van der Waals surface area contributed by atoms with Gasteiger partial charge in [-0.3, -0.25) is 4.79 Å². The third-order valence-electron chi connectivity index (χ3n) is 5.58. The zero-order chi connectivity index (χ0) is 24.9. The average Bonchev–Trinajstić information content (AvgIpc) is 3.22. The van der Waals surface area contributed by atoms with Crippen molar-refractivity contribution >= 4 is 23.4 Å². The second kappa shape index (κ2) is 10.5. The van der Waals surface area contributed by atoms with E-state index in [1.807, 2.05) is 67.6 Å². The Morgan fingerprint density at radius 1 is 1.00 bits per heavy atom. The molecule has 0 unspecified atom stereocenters. The number of likely N-dealkylation sites (N-methyl/N-ethyl adjacent to an activating group) is 1. The van der Waals surface area contributed by atoms with Gasteiger partial charge in [-0.05, 0) is 42.7 Å². The van der Waals surface area contributed by atoms with Crippen LogP contribution in [0.1, 0.15) is 58.7 Å². The van der Waals surface area contributed by atoms with Crippen LogP contribution in [0.2, 0.25) is 0 Å². The van der Waals surface area contributed by atoms with Crippen LogP contribution in [0.4, 0.5) is 16.3 Å². The highest BCUT2D eigenvalue weighted by molar-refractivity contribution is 5.96. The first-order valence-electron chi connectivity index (χ1n) is 11.7. The molecule has 0 atom stereocenters. The minimum Gasteiger partial charge on any atom is -0.315 e. The summed E-state index contributed by atoms with van der Waals surface area (Å²) in [4.78, 5) is 27.2. The predicted octanol–water partition coefficient (Wildman–Crippen LogP) is 5.79. The van der Waals surface area contributed by atoms with Crippen LogP contribution >= 0.6 is 0 Å². The van der Waals surface area contributed by atoms with Crippen LogP contribution in [-0.4, -0.2) is 39.7 Å². The number of hydrogen-bond donors (Lipinski definition) is 2. The van der Waals surface area contributed by atoms with Gasteiger partial charge >= 0.3 is 6.03 Å². The summed E-state index contributed by atoms with van der Waals surface area (Å²) in [6.45, 7) is 12.7. The number of rotatable bonds is 7. The van der Waals surface area contributed by atoms with Gasteiger partial charge in [0.15, 0.2) is 0 Å². The first-order chi connectivity index (χ1) is 16.1. The molecule has 180 valence electrons. The molecule has 0 radical (unpaired) electrons. The summed E-state index contributed by atoms with van der Waals surface area (Å²) < 4.78 is 1.73. The normalized spacial score (nSPS) is 11.4. The van der Waals surface area contributed by atoms with Crippen LogP contribution < -0.4 is 10.6 Å². The fourth-order valence-corrected chi connectivity index (χ4v) is 3.44. The van der Waals surface area contributed by atoms with Gasteiger partial charge < -0.3 is 15.5 Å². The van der Waals surface area contributed by atoms with Gasteiger partial charge in [0.05, 0.1) is 11.4 Å². The van der Waals surface area contributed by atoms with Crippen molar-refractivity contribution in [2.75, 3.05) is 23.7 Å². The van der Waals surface area contributed by atoms with Crippen LogP contribution in [0.3, 0.4) is 0 Å². The van der Waals surface area contributed by atoms with Gasteiger partial charge in [-0.25, -0.2) is 9.48 Å². The summed E-state index contributed by atoms with van der Waals surface area (Å²) in [5.41, 5.74) is 3.43. The Kier molecular flexibility index (Phi) is 7.76. The molecule has 0 aliphatic carbocycles. The molecule has 0 saturated heterocycles. The first-order valence-corrected chi connectivity index (χ1v) is 11.7. The fraction of sp³-hybridized carbons (Fsp3) is 0.370. The largest absolute Gasteiger partial charge is 0.322 e. The minimum absolute atomic E-state index is 0.0722. The summed E-state index contributed by atoms with van der Waals surface area (Å²) in [5, 5.41) is 10.5. The summed E-state index contributed by atoms with van der Waals surface area (Å²) in [5.74, 6) is 0.704. The maximum atomic E-state index is 12.9. The maximum absolute atomic E-state index is 12.9. The smallest absolute Gasteiger partial charge is 0.315 e. The molecule has 1 aromatic heterocycles. The highest BCUT2D eigenvalue weighted by atomic mass is 16.2. The highest BCUT2D eigenvalue weighted by Gasteiger charge is 2.22. The van der Waals surface area contributed by atoms with Gasteiger partial charge in [-0.2, -0.15) is 5.10 Å². The van der Waals surface area contributed by atoms with Gasteiger partial charge in [-0.15, -0.1) is 0 Å². The zero-order valence-electron chi connectivity index (χ0n) is 20.9. The van der Waals surface area contributed by atoms with Gasteiger partial charge in [0.2, 0.25) is 5.91 Å². The molecule has 2 N–H and O–H groups in total. The zero-order valence-corrected chi connectivity index (χ0v) is 20.9. The van der Waals surface area contributed by atoms with Gasteiger partial charge in [0.1, 0.15) is 12.4 Å². The highest BCUT2D eigenvalue weighted by Crippen LogP contribution is 2.26. The number of para-hydroxylation sites is 1. The minimum atomic E-state index is -0.318. The van der Waals surface area contributed by atoms with Crippen LogP contribution in [0.5, 0.6) is 0 Å². The van der Waals surface area contributed by atoms with E-state index in [2.05, 4.69) is 45.3 Å². The number of nitrogens with one attached hydrogen (secondary N) is 2. The average molecular weight is 462 g/mol. The lowest BCUT2D eigenvalue weighted by molar-refractivity contribution is -0.116. The first kappa shape index (κ1) is 25.0. The third kappa shape index (κ3) is 6.25. The number of aromatic nitrogens is 2. The molecule has 0 aliphatic rings. The molecule has 0 spiro atoms. The Bertz CT molecular complexity index is 1110. The molecule has 3 amide bonds. The topological polar surface area (TPSA) is 79.3 Å². The number of benzene rings is 2. The van der Waals surface area contributed by atoms with Crippen molar-refractivity contribution in [2.45, 2.75) is 52.9 Å². The molecular formula is C27H35N5O2. The second-order valence-electron chi connectivity index (χ2n) is 9.68. The van der Waals surface area contributed by atoms with E-state index in [0.717, 1.165) is 11.4 Å². The molecule has 7 nitrogen and oxygen atoms in total. The van der Waals surface area contributed by atoms with Crippen molar-refractivity contribution in [3.63, 3.8) is 0 Å². The second-order valence-corrected chi connectivity index (χ2v) is 9.68. The lowest BCUT2D eigenvalue weighted by Crippen LogP contribution is -2.40. The molecule has 3 aromatic rings. The number of carbonyl (C=O) groups excluding carboxylic acids is 2. The Hall–Kier alpha value is -3.61. The van der Waals surface area contributed by atoms with Crippen molar-refractivity contribution in [3.8, 4) is 5.69 Å². The van der Waals surface area contributed by atoms with Gasteiger partial charge in [-0.1, -0.05) is 65.0 Å². The molecule has 2 aromatic carbocycles. The number of amides is 3. The van der Waals surface area contributed by atoms with E-state index < -0.39 is 0 Å². The van der Waals surface area contributed by atoms with Crippen molar-refractivity contribution in [1.82, 2.24) is 14.7 Å². The van der Waals surface area contributed by atoms with E-state index in [0.29, 0.717) is 24.0 Å². The fourth-order valence-electron chi connectivity index (χ4n) is 3.44. The molecule has 34 heavy (non-hydrogen) atoms.